The van der Waals surface area contributed by atoms with Crippen molar-refractivity contribution in [1.29, 1.82) is 0 Å². The van der Waals surface area contributed by atoms with Crippen molar-refractivity contribution in [1.82, 2.24) is 15.5 Å². The Balaban J connectivity index is 0.00000128. The SMILES string of the molecule is CN1C(=O)NC(CC2CCNCC2)C1=O.Cl. The second-order valence-corrected chi connectivity index (χ2v) is 4.33. The van der Waals surface area contributed by atoms with Crippen LogP contribution in [0.2, 0.25) is 0 Å². The zero-order valence-corrected chi connectivity index (χ0v) is 10.2. The summed E-state index contributed by atoms with van der Waals surface area (Å²) >= 11 is 0. The Hall–Kier alpha value is -0.810. The number of urea groups is 1. The van der Waals surface area contributed by atoms with Crippen LogP contribution in [0.5, 0.6) is 0 Å². The van der Waals surface area contributed by atoms with Crippen molar-refractivity contribution >= 4 is 24.3 Å². The average Bonchev–Trinajstić information content (AvgIpc) is 2.48. The zero-order valence-electron chi connectivity index (χ0n) is 9.36. The molecule has 2 aliphatic rings. The summed E-state index contributed by atoms with van der Waals surface area (Å²) in [5.74, 6) is 0.477. The lowest BCUT2D eigenvalue weighted by Crippen LogP contribution is -2.35. The molecule has 0 aromatic carbocycles. The van der Waals surface area contributed by atoms with Gasteiger partial charge in [-0.15, -0.1) is 12.4 Å². The lowest BCUT2D eigenvalue weighted by molar-refractivity contribution is -0.126. The van der Waals surface area contributed by atoms with Gasteiger partial charge in [0.05, 0.1) is 0 Å². The molecule has 6 heteroatoms. The number of imide groups is 1. The summed E-state index contributed by atoms with van der Waals surface area (Å²) in [7, 11) is 1.53. The molecule has 0 aromatic rings. The molecular weight excluding hydrogens is 230 g/mol. The molecule has 0 bridgehead atoms. The Morgan fingerprint density at radius 2 is 1.94 bits per heavy atom. The first-order valence-corrected chi connectivity index (χ1v) is 5.47. The summed E-state index contributed by atoms with van der Waals surface area (Å²) < 4.78 is 0. The molecule has 2 rings (SSSR count). The third-order valence-electron chi connectivity index (χ3n) is 3.26. The third kappa shape index (κ3) is 2.65. The summed E-state index contributed by atoms with van der Waals surface area (Å²) in [5.41, 5.74) is 0. The van der Waals surface area contributed by atoms with Crippen LogP contribution in [0.15, 0.2) is 0 Å². The van der Waals surface area contributed by atoms with E-state index < -0.39 is 0 Å². The summed E-state index contributed by atoms with van der Waals surface area (Å²) in [4.78, 5) is 24.0. The highest BCUT2D eigenvalue weighted by atomic mass is 35.5. The predicted octanol–water partition coefficient (Wildman–Crippen LogP) is 0.348. The summed E-state index contributed by atoms with van der Waals surface area (Å²) in [5, 5.41) is 6.00. The Morgan fingerprint density at radius 1 is 1.31 bits per heavy atom. The van der Waals surface area contributed by atoms with Crippen LogP contribution in [0.3, 0.4) is 0 Å². The lowest BCUT2D eigenvalue weighted by Gasteiger charge is -2.24. The molecule has 1 unspecified atom stereocenters. The average molecular weight is 248 g/mol. The number of amides is 3. The van der Waals surface area contributed by atoms with Crippen molar-refractivity contribution in [2.75, 3.05) is 20.1 Å². The molecule has 0 radical (unpaired) electrons. The Labute approximate surface area is 101 Å². The second kappa shape index (κ2) is 5.50. The van der Waals surface area contributed by atoms with Crippen molar-refractivity contribution in [2.24, 2.45) is 5.92 Å². The minimum Gasteiger partial charge on any atom is -0.326 e. The molecular formula is C10H18ClN3O2. The van der Waals surface area contributed by atoms with E-state index in [0.717, 1.165) is 32.4 Å². The topological polar surface area (TPSA) is 61.4 Å². The molecule has 92 valence electrons. The quantitative estimate of drug-likeness (QED) is 0.693. The van der Waals surface area contributed by atoms with Gasteiger partial charge in [-0.2, -0.15) is 0 Å². The molecule has 1 atom stereocenters. The van der Waals surface area contributed by atoms with Crippen LogP contribution in [-0.2, 0) is 4.79 Å². The maximum Gasteiger partial charge on any atom is 0.324 e. The zero-order chi connectivity index (χ0) is 10.8. The summed E-state index contributed by atoms with van der Waals surface area (Å²) in [6, 6.07) is -0.551. The fraction of sp³-hybridized carbons (Fsp3) is 0.800. The number of rotatable bonds is 2. The number of nitrogens with one attached hydrogen (secondary N) is 2. The summed E-state index contributed by atoms with van der Waals surface area (Å²) in [6.45, 7) is 2.05. The number of likely N-dealkylation sites (N-methyl/N-ethyl adjacent to an activating group) is 1. The monoisotopic (exact) mass is 247 g/mol. The highest BCUT2D eigenvalue weighted by Crippen LogP contribution is 2.20. The fourth-order valence-corrected chi connectivity index (χ4v) is 2.25. The van der Waals surface area contributed by atoms with Crippen LogP contribution in [-0.4, -0.2) is 43.0 Å². The first-order chi connectivity index (χ1) is 7.18. The molecule has 5 nitrogen and oxygen atoms in total. The standard InChI is InChI=1S/C10H17N3O2.ClH/c1-13-9(14)8(12-10(13)15)6-7-2-4-11-5-3-7;/h7-8,11H,2-6H2,1H3,(H,12,15);1H. The van der Waals surface area contributed by atoms with Gasteiger partial charge in [0.1, 0.15) is 6.04 Å². The van der Waals surface area contributed by atoms with E-state index in [2.05, 4.69) is 10.6 Å². The van der Waals surface area contributed by atoms with Gasteiger partial charge in [0.15, 0.2) is 0 Å². The molecule has 0 saturated carbocycles. The first-order valence-electron chi connectivity index (χ1n) is 5.47. The molecule has 0 spiro atoms. The van der Waals surface area contributed by atoms with E-state index in [1.165, 1.54) is 11.9 Å². The van der Waals surface area contributed by atoms with E-state index in [-0.39, 0.29) is 30.4 Å². The second-order valence-electron chi connectivity index (χ2n) is 4.33. The van der Waals surface area contributed by atoms with Gasteiger partial charge in [-0.3, -0.25) is 9.69 Å². The molecule has 16 heavy (non-hydrogen) atoms. The minimum atomic E-state index is -0.286. The number of carbonyl (C=O) groups is 2. The van der Waals surface area contributed by atoms with E-state index in [9.17, 15) is 9.59 Å². The van der Waals surface area contributed by atoms with Gasteiger partial charge in [-0.05, 0) is 38.3 Å². The molecule has 0 aliphatic carbocycles. The number of nitrogens with zero attached hydrogens (tertiary/aromatic N) is 1. The molecule has 2 aliphatic heterocycles. The number of hydrogen-bond donors (Lipinski definition) is 2. The van der Waals surface area contributed by atoms with Gasteiger partial charge in [0.25, 0.3) is 5.91 Å². The number of carbonyl (C=O) groups excluding carboxylic acids is 2. The molecule has 2 fully saturated rings. The molecule has 2 N–H and O–H groups in total. The van der Waals surface area contributed by atoms with E-state index in [0.29, 0.717) is 5.92 Å². The van der Waals surface area contributed by atoms with Crippen LogP contribution in [0.4, 0.5) is 4.79 Å². The van der Waals surface area contributed by atoms with Gasteiger partial charge in [-0.25, -0.2) is 4.79 Å². The van der Waals surface area contributed by atoms with Crippen LogP contribution in [0.25, 0.3) is 0 Å². The first kappa shape index (κ1) is 13.3. The third-order valence-corrected chi connectivity index (χ3v) is 3.26. The number of piperidine rings is 1. The van der Waals surface area contributed by atoms with Crippen molar-refractivity contribution < 1.29 is 9.59 Å². The predicted molar refractivity (Wildman–Crippen MR) is 62.5 cm³/mol. The van der Waals surface area contributed by atoms with Crippen LogP contribution >= 0.6 is 12.4 Å². The highest BCUT2D eigenvalue weighted by molar-refractivity contribution is 6.03. The van der Waals surface area contributed by atoms with Crippen molar-refractivity contribution in [3.8, 4) is 0 Å². The Bertz CT molecular complexity index is 279. The smallest absolute Gasteiger partial charge is 0.324 e. The lowest BCUT2D eigenvalue weighted by atomic mass is 9.91. The highest BCUT2D eigenvalue weighted by Gasteiger charge is 2.36. The van der Waals surface area contributed by atoms with Gasteiger partial charge in [-0.1, -0.05) is 0 Å². The molecule has 2 heterocycles. The van der Waals surface area contributed by atoms with Crippen molar-refractivity contribution in [2.45, 2.75) is 25.3 Å². The largest absolute Gasteiger partial charge is 0.326 e. The maximum atomic E-state index is 11.6. The normalized spacial score (nSPS) is 26.6. The molecule has 3 amide bonds. The number of halogens is 1. The van der Waals surface area contributed by atoms with Crippen LogP contribution in [0, 0.1) is 5.92 Å². The van der Waals surface area contributed by atoms with Gasteiger partial charge < -0.3 is 10.6 Å². The number of hydrogen-bond acceptors (Lipinski definition) is 3. The van der Waals surface area contributed by atoms with Crippen LogP contribution in [0.1, 0.15) is 19.3 Å². The minimum absolute atomic E-state index is 0. The maximum absolute atomic E-state index is 11.6. The molecule has 2 saturated heterocycles. The van der Waals surface area contributed by atoms with Gasteiger partial charge in [0, 0.05) is 7.05 Å². The Morgan fingerprint density at radius 3 is 2.44 bits per heavy atom. The van der Waals surface area contributed by atoms with Crippen molar-refractivity contribution in [3.05, 3.63) is 0 Å². The van der Waals surface area contributed by atoms with Gasteiger partial charge >= 0.3 is 6.03 Å². The Kier molecular flexibility index (Phi) is 4.56. The summed E-state index contributed by atoms with van der Waals surface area (Å²) in [6.07, 6.45) is 2.99. The van der Waals surface area contributed by atoms with Crippen molar-refractivity contribution in [3.63, 3.8) is 0 Å². The molecule has 0 aromatic heterocycles. The van der Waals surface area contributed by atoms with Gasteiger partial charge in [0.2, 0.25) is 0 Å². The van der Waals surface area contributed by atoms with E-state index in [4.69, 9.17) is 0 Å². The fourth-order valence-electron chi connectivity index (χ4n) is 2.25. The van der Waals surface area contributed by atoms with E-state index >= 15 is 0 Å². The van der Waals surface area contributed by atoms with Crippen LogP contribution < -0.4 is 10.6 Å². The van der Waals surface area contributed by atoms with E-state index in [1.807, 2.05) is 0 Å². The van der Waals surface area contributed by atoms with E-state index in [1.54, 1.807) is 0 Å².